The second-order valence-electron chi connectivity index (χ2n) is 9.13. The number of benzene rings is 1. The maximum Gasteiger partial charge on any atom is 0.342 e. The highest BCUT2D eigenvalue weighted by Crippen LogP contribution is 2.45. The molecule has 0 bridgehead atoms. The zero-order valence-corrected chi connectivity index (χ0v) is 22.1. The Labute approximate surface area is 211 Å². The minimum Gasteiger partial charge on any atom is -0.431 e. The summed E-state index contributed by atoms with van der Waals surface area (Å²) in [5, 5.41) is 3.14. The highest BCUT2D eigenvalue weighted by molar-refractivity contribution is 7.57. The number of hydrogen-bond acceptors (Lipinski definition) is 9. The molecule has 11 nitrogen and oxygen atoms in total. The number of fused-ring (bicyclic) bond motifs is 1. The summed E-state index contributed by atoms with van der Waals surface area (Å²) in [6.45, 7) is 9.32. The first kappa shape index (κ1) is 26.5. The molecule has 196 valence electrons. The van der Waals surface area contributed by atoms with Gasteiger partial charge in [-0.15, -0.1) is 0 Å². The van der Waals surface area contributed by atoms with Crippen LogP contribution in [0.4, 0.5) is 5.82 Å². The minimum absolute atomic E-state index is 0.150. The number of rotatable bonds is 10. The van der Waals surface area contributed by atoms with Gasteiger partial charge in [-0.2, -0.15) is 0 Å². The second kappa shape index (κ2) is 11.7. The fourth-order valence-electron chi connectivity index (χ4n) is 3.97. The Bertz CT molecular complexity index is 1210. The first-order valence-corrected chi connectivity index (χ1v) is 14.0. The van der Waals surface area contributed by atoms with Gasteiger partial charge in [0.15, 0.2) is 17.8 Å². The van der Waals surface area contributed by atoms with Crippen molar-refractivity contribution in [3.63, 3.8) is 0 Å². The first-order valence-electron chi connectivity index (χ1n) is 12.1. The molecule has 2 aromatic heterocycles. The molecule has 3 N–H and O–H groups in total. The molecular formula is C24H35N6O5P. The van der Waals surface area contributed by atoms with Crippen molar-refractivity contribution in [3.05, 3.63) is 42.0 Å². The molecule has 3 heterocycles. The fourth-order valence-corrected chi connectivity index (χ4v) is 5.86. The van der Waals surface area contributed by atoms with Crippen LogP contribution in [0.15, 0.2) is 30.9 Å². The van der Waals surface area contributed by atoms with Crippen LogP contribution in [0.5, 0.6) is 5.75 Å². The molecular weight excluding hydrogens is 483 g/mol. The van der Waals surface area contributed by atoms with Gasteiger partial charge in [0.2, 0.25) is 0 Å². The molecule has 12 heteroatoms. The molecule has 3 atom stereocenters. The molecule has 0 radical (unpaired) electrons. The van der Waals surface area contributed by atoms with Crippen molar-refractivity contribution in [2.45, 2.75) is 65.5 Å². The summed E-state index contributed by atoms with van der Waals surface area (Å²) in [6.07, 6.45) is 3.90. The lowest BCUT2D eigenvalue weighted by Crippen LogP contribution is -2.40. The smallest absolute Gasteiger partial charge is 0.342 e. The van der Waals surface area contributed by atoms with Crippen molar-refractivity contribution in [1.29, 1.82) is 0 Å². The Morgan fingerprint density at radius 3 is 2.69 bits per heavy atom. The lowest BCUT2D eigenvalue weighted by atomic mass is 10.1. The lowest BCUT2D eigenvalue weighted by molar-refractivity contribution is -0.138. The number of aryl methyl sites for hydroxylation is 1. The van der Waals surface area contributed by atoms with E-state index in [-0.39, 0.29) is 18.5 Å². The highest BCUT2D eigenvalue weighted by Gasteiger charge is 2.33. The molecule has 1 aliphatic rings. The second-order valence-corrected chi connectivity index (χ2v) is 11.2. The van der Waals surface area contributed by atoms with E-state index in [0.29, 0.717) is 42.5 Å². The number of aromatic nitrogens is 4. The van der Waals surface area contributed by atoms with E-state index in [2.05, 4.69) is 20.0 Å². The Kier molecular flexibility index (Phi) is 8.58. The molecule has 0 amide bonds. The quantitative estimate of drug-likeness (QED) is 0.382. The summed E-state index contributed by atoms with van der Waals surface area (Å²) in [5.41, 5.74) is 9.00. The minimum atomic E-state index is -3.53. The Balaban J connectivity index is 1.48. The van der Waals surface area contributed by atoms with Gasteiger partial charge in [-0.1, -0.05) is 12.1 Å². The van der Waals surface area contributed by atoms with Crippen molar-refractivity contribution in [1.82, 2.24) is 24.6 Å². The molecule has 3 unspecified atom stereocenters. The van der Waals surface area contributed by atoms with Crippen LogP contribution in [-0.2, 0) is 25.3 Å². The summed E-state index contributed by atoms with van der Waals surface area (Å²) in [6, 6.07) is 5.30. The topological polar surface area (TPSA) is 136 Å². The summed E-state index contributed by atoms with van der Waals surface area (Å²) >= 11 is 0. The zero-order chi connectivity index (χ0) is 25.7. The number of nitrogens with one attached hydrogen (secondary N) is 1. The highest BCUT2D eigenvalue weighted by atomic mass is 31.2. The van der Waals surface area contributed by atoms with E-state index in [1.54, 1.807) is 6.33 Å². The van der Waals surface area contributed by atoms with Crippen molar-refractivity contribution in [3.8, 4) is 5.75 Å². The molecule has 0 aliphatic carbocycles. The average Bonchev–Trinajstić information content (AvgIpc) is 3.06. The van der Waals surface area contributed by atoms with E-state index in [1.165, 1.54) is 6.33 Å². The Hall–Kier alpha value is -2.56. The van der Waals surface area contributed by atoms with E-state index < -0.39 is 13.8 Å². The van der Waals surface area contributed by atoms with Gasteiger partial charge in [-0.3, -0.25) is 4.57 Å². The van der Waals surface area contributed by atoms with Crippen LogP contribution >= 0.6 is 7.52 Å². The molecule has 0 saturated carbocycles. The summed E-state index contributed by atoms with van der Waals surface area (Å²) in [4.78, 5) is 12.5. The maximum absolute atomic E-state index is 14.1. The number of hydrogen-bond donors (Lipinski definition) is 2. The van der Waals surface area contributed by atoms with Crippen LogP contribution in [0.25, 0.3) is 11.2 Å². The molecule has 0 spiro atoms. The molecule has 1 fully saturated rings. The number of nitrogens with zero attached hydrogens (tertiary/aromatic N) is 4. The van der Waals surface area contributed by atoms with Gasteiger partial charge in [0, 0.05) is 13.2 Å². The fraction of sp³-hybridized carbons (Fsp3) is 0.542. The third-order valence-corrected chi connectivity index (χ3v) is 7.91. The third kappa shape index (κ3) is 6.41. The monoisotopic (exact) mass is 518 g/mol. The van der Waals surface area contributed by atoms with Crippen molar-refractivity contribution in [2.24, 2.45) is 0 Å². The molecule has 4 rings (SSSR count). The lowest BCUT2D eigenvalue weighted by Gasteiger charge is -2.29. The van der Waals surface area contributed by atoms with Gasteiger partial charge in [-0.25, -0.2) is 20.0 Å². The summed E-state index contributed by atoms with van der Waals surface area (Å²) < 4.78 is 39.8. The van der Waals surface area contributed by atoms with E-state index in [9.17, 15) is 4.57 Å². The van der Waals surface area contributed by atoms with E-state index in [4.69, 9.17) is 24.5 Å². The van der Waals surface area contributed by atoms with Gasteiger partial charge in [0.1, 0.15) is 23.9 Å². The predicted octanol–water partition coefficient (Wildman–Crippen LogP) is 3.79. The van der Waals surface area contributed by atoms with Crippen LogP contribution in [-0.4, -0.2) is 57.5 Å². The molecule has 1 aliphatic heterocycles. The van der Waals surface area contributed by atoms with Gasteiger partial charge < -0.3 is 29.0 Å². The van der Waals surface area contributed by atoms with E-state index in [0.717, 1.165) is 24.0 Å². The first-order chi connectivity index (χ1) is 17.3. The molecule has 1 aromatic carbocycles. The van der Waals surface area contributed by atoms with Gasteiger partial charge >= 0.3 is 7.52 Å². The van der Waals surface area contributed by atoms with Crippen molar-refractivity contribution >= 4 is 24.5 Å². The zero-order valence-electron chi connectivity index (χ0n) is 21.2. The molecule has 1 saturated heterocycles. The molecule has 36 heavy (non-hydrogen) atoms. The van der Waals surface area contributed by atoms with Crippen LogP contribution in [0.2, 0.25) is 0 Å². The SMILES string of the molecule is Cc1cccc(OP(=O)(COC(C)Cn2cnc3c(N)ncnc32)NC(C)C2OCCCCO2)c1C. The summed E-state index contributed by atoms with van der Waals surface area (Å²) in [5.74, 6) is 0.865. The largest absolute Gasteiger partial charge is 0.431 e. The van der Waals surface area contributed by atoms with Crippen LogP contribution in [0.1, 0.15) is 37.8 Å². The number of ether oxygens (including phenoxy) is 3. The Morgan fingerprint density at radius 2 is 1.94 bits per heavy atom. The molecule has 3 aromatic rings. The van der Waals surface area contributed by atoms with Gasteiger partial charge in [-0.05, 0) is 57.7 Å². The number of nitrogen functional groups attached to an aromatic ring is 1. The van der Waals surface area contributed by atoms with Crippen molar-refractivity contribution in [2.75, 3.05) is 25.3 Å². The average molecular weight is 519 g/mol. The summed E-state index contributed by atoms with van der Waals surface area (Å²) in [7, 11) is -3.53. The number of anilines is 1. The van der Waals surface area contributed by atoms with Crippen LogP contribution < -0.4 is 15.3 Å². The number of nitrogens with two attached hydrogens (primary N) is 1. The van der Waals surface area contributed by atoms with Crippen LogP contribution in [0.3, 0.4) is 0 Å². The van der Waals surface area contributed by atoms with Crippen molar-refractivity contribution < 1.29 is 23.3 Å². The third-order valence-electron chi connectivity index (χ3n) is 6.12. The van der Waals surface area contributed by atoms with Gasteiger partial charge in [0.25, 0.3) is 0 Å². The number of imidazole rings is 1. The predicted molar refractivity (Wildman–Crippen MR) is 137 cm³/mol. The maximum atomic E-state index is 14.1. The van der Waals surface area contributed by atoms with Crippen LogP contribution in [0, 0.1) is 13.8 Å². The van der Waals surface area contributed by atoms with E-state index >= 15 is 0 Å². The van der Waals surface area contributed by atoms with E-state index in [1.807, 2.05) is 50.5 Å². The van der Waals surface area contributed by atoms with Gasteiger partial charge in [0.05, 0.1) is 25.0 Å². The standard InChI is InChI=1S/C24H35N6O5P/c1-16-8-7-9-20(18(16)3)35-36(31,29-19(4)24-32-10-5-6-11-33-24)15-34-17(2)12-30-14-28-21-22(25)26-13-27-23(21)30/h7-9,13-14,17,19,24H,5-6,10-12,15H2,1-4H3,(H,29,31)(H2,25,26,27). The Morgan fingerprint density at radius 1 is 1.19 bits per heavy atom. The normalized spacial score (nSPS) is 18.4.